The molecule has 0 bridgehead atoms. The number of hydrogen-bond acceptors (Lipinski definition) is 6. The van der Waals surface area contributed by atoms with Crippen molar-refractivity contribution in [2.24, 2.45) is 10.2 Å². The number of nitrogens with two attached hydrogens (primary N) is 1. The molecule has 156 valence electrons. The van der Waals surface area contributed by atoms with Crippen molar-refractivity contribution in [3.8, 4) is 17.0 Å². The van der Waals surface area contributed by atoms with E-state index in [1.807, 2.05) is 31.2 Å². The number of nitrogen functional groups attached to an aromatic ring is 1. The second kappa shape index (κ2) is 9.14. The lowest BCUT2D eigenvalue weighted by molar-refractivity contribution is 0.318. The summed E-state index contributed by atoms with van der Waals surface area (Å²) in [6, 6.07) is 17.5. The fourth-order valence-corrected chi connectivity index (χ4v) is 3.52. The molecule has 1 aromatic heterocycles. The summed E-state index contributed by atoms with van der Waals surface area (Å²) in [5, 5.41) is 10.4. The Morgan fingerprint density at radius 1 is 1.03 bits per heavy atom. The number of azo groups is 1. The molecular formula is C24H21FN4OS. The van der Waals surface area contributed by atoms with Crippen LogP contribution in [0.15, 0.2) is 82.0 Å². The van der Waals surface area contributed by atoms with Crippen LogP contribution in [0.2, 0.25) is 0 Å². The highest BCUT2D eigenvalue weighted by atomic mass is 32.1. The minimum Gasteiger partial charge on any atom is -0.493 e. The Labute approximate surface area is 185 Å². The van der Waals surface area contributed by atoms with E-state index in [1.165, 1.54) is 12.1 Å². The number of anilines is 1. The maximum absolute atomic E-state index is 13.8. The monoisotopic (exact) mass is 432 g/mol. The molecule has 0 aliphatic carbocycles. The zero-order valence-electron chi connectivity index (χ0n) is 16.9. The van der Waals surface area contributed by atoms with Gasteiger partial charge in [0.25, 0.3) is 0 Å². The minimum atomic E-state index is -0.348. The Balaban J connectivity index is 1.62. The second-order valence-electron chi connectivity index (χ2n) is 6.96. The van der Waals surface area contributed by atoms with E-state index in [1.54, 1.807) is 30.5 Å². The van der Waals surface area contributed by atoms with Gasteiger partial charge in [-0.2, -0.15) is 0 Å². The molecule has 4 aromatic rings. The third-order valence-electron chi connectivity index (χ3n) is 4.74. The number of aromatic nitrogens is 1. The molecule has 0 radical (unpaired) electrons. The highest BCUT2D eigenvalue weighted by Crippen LogP contribution is 2.36. The maximum atomic E-state index is 13.8. The molecule has 0 saturated carbocycles. The van der Waals surface area contributed by atoms with E-state index in [9.17, 15) is 4.39 Å². The highest BCUT2D eigenvalue weighted by Gasteiger charge is 2.10. The Morgan fingerprint density at radius 3 is 2.58 bits per heavy atom. The van der Waals surface area contributed by atoms with E-state index in [-0.39, 0.29) is 5.82 Å². The highest BCUT2D eigenvalue weighted by molar-refractivity contribution is 7.80. The summed E-state index contributed by atoms with van der Waals surface area (Å²) in [4.78, 5) is 5.19. The number of nitrogens with zero attached hydrogens (tertiary/aromatic N) is 3. The molecule has 4 rings (SSSR count). The molecule has 3 aromatic carbocycles. The lowest BCUT2D eigenvalue weighted by Gasteiger charge is -2.10. The molecule has 0 spiro atoms. The topological polar surface area (TPSA) is 72.9 Å². The van der Waals surface area contributed by atoms with Gasteiger partial charge in [0.05, 0.1) is 24.2 Å². The number of hydrogen-bond donors (Lipinski definition) is 2. The van der Waals surface area contributed by atoms with Gasteiger partial charge in [-0.1, -0.05) is 31.2 Å². The Morgan fingerprint density at radius 2 is 1.84 bits per heavy atom. The molecule has 0 unspecified atom stereocenters. The Bertz CT molecular complexity index is 1260. The van der Waals surface area contributed by atoms with Crippen LogP contribution in [0.3, 0.4) is 0 Å². The molecule has 0 saturated heterocycles. The van der Waals surface area contributed by atoms with Crippen molar-refractivity contribution in [2.45, 2.75) is 18.2 Å². The quantitative estimate of drug-likeness (QED) is 0.194. The van der Waals surface area contributed by atoms with Gasteiger partial charge in [0.15, 0.2) is 0 Å². The van der Waals surface area contributed by atoms with E-state index in [0.717, 1.165) is 22.1 Å². The van der Waals surface area contributed by atoms with Gasteiger partial charge in [-0.25, -0.2) is 4.39 Å². The maximum Gasteiger partial charge on any atom is 0.128 e. The van der Waals surface area contributed by atoms with E-state index >= 15 is 0 Å². The van der Waals surface area contributed by atoms with Gasteiger partial charge < -0.3 is 10.5 Å². The van der Waals surface area contributed by atoms with Crippen LogP contribution in [0.1, 0.15) is 13.3 Å². The SMILES string of the molecule is CCCOc1ccc(F)cc1-c1ccc(/N=N/c2cc(S)c3ccccc3c2N)cn1. The van der Waals surface area contributed by atoms with Crippen LogP contribution in [0, 0.1) is 5.82 Å². The van der Waals surface area contributed by atoms with E-state index in [4.69, 9.17) is 10.5 Å². The number of fused-ring (bicyclic) bond motifs is 1. The summed E-state index contributed by atoms with van der Waals surface area (Å²) in [7, 11) is 0. The van der Waals surface area contributed by atoms with Crippen LogP contribution in [-0.2, 0) is 0 Å². The molecule has 7 heteroatoms. The van der Waals surface area contributed by atoms with Gasteiger partial charge in [-0.05, 0) is 48.2 Å². The van der Waals surface area contributed by atoms with Crippen LogP contribution in [0.5, 0.6) is 5.75 Å². The average Bonchev–Trinajstić information content (AvgIpc) is 2.80. The Hall–Kier alpha value is -3.45. The largest absolute Gasteiger partial charge is 0.493 e. The van der Waals surface area contributed by atoms with Gasteiger partial charge in [0.1, 0.15) is 22.9 Å². The zero-order valence-corrected chi connectivity index (χ0v) is 17.8. The predicted octanol–water partition coefficient (Wildman–Crippen LogP) is 7.12. The lowest BCUT2D eigenvalue weighted by Crippen LogP contribution is -1.98. The second-order valence-corrected chi connectivity index (χ2v) is 7.45. The lowest BCUT2D eigenvalue weighted by atomic mass is 10.1. The van der Waals surface area contributed by atoms with Crippen molar-refractivity contribution in [1.82, 2.24) is 4.98 Å². The van der Waals surface area contributed by atoms with Gasteiger partial charge in [0, 0.05) is 15.8 Å². The number of halogens is 1. The molecule has 0 aliphatic heterocycles. The summed E-state index contributed by atoms with van der Waals surface area (Å²) < 4.78 is 19.5. The van der Waals surface area contributed by atoms with Crippen LogP contribution in [0.25, 0.3) is 22.0 Å². The average molecular weight is 433 g/mol. The first-order valence-electron chi connectivity index (χ1n) is 9.87. The molecule has 1 heterocycles. The molecule has 0 aliphatic rings. The van der Waals surface area contributed by atoms with Crippen LogP contribution in [0.4, 0.5) is 21.5 Å². The molecule has 31 heavy (non-hydrogen) atoms. The van der Waals surface area contributed by atoms with Gasteiger partial charge in [-0.15, -0.1) is 22.9 Å². The van der Waals surface area contributed by atoms with E-state index < -0.39 is 0 Å². The standard InChI is InChI=1S/C24H21FN4OS/c1-2-11-30-22-10-7-15(25)12-19(22)20-9-8-16(14-27-20)28-29-21-13-23(31)17-5-3-4-6-18(17)24(21)26/h3-10,12-14,31H,2,11,26H2,1H3/b29-28+. The van der Waals surface area contributed by atoms with E-state index in [0.29, 0.717) is 40.7 Å². The Kier molecular flexibility index (Phi) is 6.13. The molecule has 2 N–H and O–H groups in total. The molecule has 0 fully saturated rings. The normalized spacial score (nSPS) is 11.3. The summed E-state index contributed by atoms with van der Waals surface area (Å²) in [5.74, 6) is 0.245. The number of benzene rings is 3. The van der Waals surface area contributed by atoms with Crippen molar-refractivity contribution in [2.75, 3.05) is 12.3 Å². The summed E-state index contributed by atoms with van der Waals surface area (Å²) in [5.41, 5.74) is 9.08. The summed E-state index contributed by atoms with van der Waals surface area (Å²) in [6.07, 6.45) is 2.43. The molecule has 0 atom stereocenters. The first kappa shape index (κ1) is 20.8. The van der Waals surface area contributed by atoms with Crippen LogP contribution in [-0.4, -0.2) is 11.6 Å². The number of thiol groups is 1. The number of rotatable bonds is 6. The van der Waals surface area contributed by atoms with Gasteiger partial charge >= 0.3 is 0 Å². The van der Waals surface area contributed by atoms with Crippen LogP contribution < -0.4 is 10.5 Å². The van der Waals surface area contributed by atoms with Crippen molar-refractivity contribution in [3.05, 3.63) is 72.7 Å². The third-order valence-corrected chi connectivity index (χ3v) is 5.11. The molecule has 5 nitrogen and oxygen atoms in total. The third kappa shape index (κ3) is 4.51. The predicted molar refractivity (Wildman–Crippen MR) is 125 cm³/mol. The fraction of sp³-hybridized carbons (Fsp3) is 0.125. The first-order valence-corrected chi connectivity index (χ1v) is 10.3. The zero-order chi connectivity index (χ0) is 21.8. The smallest absolute Gasteiger partial charge is 0.128 e. The minimum absolute atomic E-state index is 0.348. The molecule has 0 amide bonds. The first-order chi connectivity index (χ1) is 15.1. The summed E-state index contributed by atoms with van der Waals surface area (Å²) in [6.45, 7) is 2.56. The molecular weight excluding hydrogens is 411 g/mol. The fourth-order valence-electron chi connectivity index (χ4n) is 3.20. The van der Waals surface area contributed by atoms with Crippen molar-refractivity contribution >= 4 is 40.5 Å². The van der Waals surface area contributed by atoms with Crippen molar-refractivity contribution < 1.29 is 9.13 Å². The van der Waals surface area contributed by atoms with Gasteiger partial charge in [0.2, 0.25) is 0 Å². The number of pyridine rings is 1. The van der Waals surface area contributed by atoms with Crippen molar-refractivity contribution in [1.29, 1.82) is 0 Å². The summed E-state index contributed by atoms with van der Waals surface area (Å²) >= 11 is 4.53. The van der Waals surface area contributed by atoms with E-state index in [2.05, 4.69) is 27.8 Å². The van der Waals surface area contributed by atoms with Crippen LogP contribution >= 0.6 is 12.6 Å². The van der Waals surface area contributed by atoms with Gasteiger partial charge in [-0.3, -0.25) is 4.98 Å². The number of ether oxygens (including phenoxy) is 1. The van der Waals surface area contributed by atoms with Crippen molar-refractivity contribution in [3.63, 3.8) is 0 Å².